The first-order valence-corrected chi connectivity index (χ1v) is 4.29. The number of likely N-dealkylation sites (tertiary alicyclic amines) is 1. The molecule has 4 heteroatoms. The average Bonchev–Trinajstić information content (AvgIpc) is 2.49. The molecule has 1 aliphatic rings. The van der Waals surface area contributed by atoms with Crippen LogP contribution >= 0.6 is 0 Å². The predicted molar refractivity (Wildman–Crippen MR) is 45.7 cm³/mol. The molecule has 0 aromatic carbocycles. The lowest BCUT2D eigenvalue weighted by Gasteiger charge is -2.21. The van der Waals surface area contributed by atoms with Crippen LogP contribution in [0.15, 0.2) is 0 Å². The molecular weight excluding hydrogens is 156 g/mol. The van der Waals surface area contributed by atoms with Crippen molar-refractivity contribution in [3.05, 3.63) is 0 Å². The molecule has 12 heavy (non-hydrogen) atoms. The van der Waals surface area contributed by atoms with Gasteiger partial charge in [0.15, 0.2) is 0 Å². The zero-order valence-electron chi connectivity index (χ0n) is 7.58. The summed E-state index contributed by atoms with van der Waals surface area (Å²) in [5.41, 5.74) is 0. The Morgan fingerprint density at radius 2 is 2.42 bits per heavy atom. The van der Waals surface area contributed by atoms with Crippen molar-refractivity contribution in [2.45, 2.75) is 25.5 Å². The number of amides is 1. The van der Waals surface area contributed by atoms with Gasteiger partial charge in [-0.3, -0.25) is 9.69 Å². The fourth-order valence-electron chi connectivity index (χ4n) is 1.49. The second kappa shape index (κ2) is 3.87. The zero-order chi connectivity index (χ0) is 9.14. The van der Waals surface area contributed by atoms with E-state index in [-0.39, 0.29) is 18.1 Å². The molecule has 0 bridgehead atoms. The van der Waals surface area contributed by atoms with Gasteiger partial charge in [0.25, 0.3) is 0 Å². The molecule has 2 atom stereocenters. The van der Waals surface area contributed by atoms with Gasteiger partial charge in [-0.2, -0.15) is 0 Å². The summed E-state index contributed by atoms with van der Waals surface area (Å²) >= 11 is 0. The fourth-order valence-corrected chi connectivity index (χ4v) is 1.49. The Balaban J connectivity index is 2.42. The maximum atomic E-state index is 11.2. The first-order chi connectivity index (χ1) is 5.65. The number of nitrogens with zero attached hydrogens (tertiary/aromatic N) is 1. The predicted octanol–water partition coefficient (Wildman–Crippen LogP) is -0.813. The molecule has 0 saturated carbocycles. The molecule has 2 N–H and O–H groups in total. The van der Waals surface area contributed by atoms with E-state index in [1.54, 1.807) is 7.05 Å². The Kier molecular flexibility index (Phi) is 3.05. The summed E-state index contributed by atoms with van der Waals surface area (Å²) in [6, 6.07) is -0.118. The van der Waals surface area contributed by atoms with Crippen LogP contribution in [0.2, 0.25) is 0 Å². The summed E-state index contributed by atoms with van der Waals surface area (Å²) in [4.78, 5) is 13.2. The third kappa shape index (κ3) is 1.95. The van der Waals surface area contributed by atoms with Crippen molar-refractivity contribution in [2.75, 3.05) is 20.1 Å². The SMILES string of the molecule is CNC(=O)C(C)N1CC[C@@H](O)C1. The lowest BCUT2D eigenvalue weighted by molar-refractivity contribution is -0.125. The number of β-amino-alcohol motifs (C(OH)–C–C–N with tert-alkyl or cyclic N) is 1. The van der Waals surface area contributed by atoms with E-state index in [2.05, 4.69) is 5.32 Å². The topological polar surface area (TPSA) is 52.6 Å². The van der Waals surface area contributed by atoms with Gasteiger partial charge in [-0.1, -0.05) is 0 Å². The number of hydrogen-bond donors (Lipinski definition) is 2. The van der Waals surface area contributed by atoms with Gasteiger partial charge < -0.3 is 10.4 Å². The van der Waals surface area contributed by atoms with Crippen LogP contribution in [0.25, 0.3) is 0 Å². The third-order valence-corrected chi connectivity index (χ3v) is 2.37. The largest absolute Gasteiger partial charge is 0.392 e. The number of aliphatic hydroxyl groups is 1. The lowest BCUT2D eigenvalue weighted by atomic mass is 10.3. The smallest absolute Gasteiger partial charge is 0.236 e. The molecule has 1 unspecified atom stereocenters. The quantitative estimate of drug-likeness (QED) is 0.572. The lowest BCUT2D eigenvalue weighted by Crippen LogP contribution is -2.43. The van der Waals surface area contributed by atoms with Crippen molar-refractivity contribution in [3.63, 3.8) is 0 Å². The summed E-state index contributed by atoms with van der Waals surface area (Å²) in [7, 11) is 1.63. The Morgan fingerprint density at radius 1 is 1.75 bits per heavy atom. The van der Waals surface area contributed by atoms with Crippen LogP contribution in [0.4, 0.5) is 0 Å². The minimum absolute atomic E-state index is 0.0177. The van der Waals surface area contributed by atoms with Gasteiger partial charge in [-0.05, 0) is 13.3 Å². The first-order valence-electron chi connectivity index (χ1n) is 4.29. The van der Waals surface area contributed by atoms with Crippen LogP contribution in [0.3, 0.4) is 0 Å². The number of rotatable bonds is 2. The Hall–Kier alpha value is -0.610. The number of likely N-dealkylation sites (N-methyl/N-ethyl adjacent to an activating group) is 1. The average molecular weight is 172 g/mol. The molecule has 1 saturated heterocycles. The van der Waals surface area contributed by atoms with Gasteiger partial charge in [0, 0.05) is 20.1 Å². The highest BCUT2D eigenvalue weighted by Gasteiger charge is 2.27. The summed E-state index contributed by atoms with van der Waals surface area (Å²) in [5.74, 6) is 0.0177. The van der Waals surface area contributed by atoms with Crippen molar-refractivity contribution in [2.24, 2.45) is 0 Å². The molecule has 70 valence electrons. The van der Waals surface area contributed by atoms with Gasteiger partial charge in [-0.15, -0.1) is 0 Å². The van der Waals surface area contributed by atoms with Crippen LogP contribution in [-0.4, -0.2) is 48.2 Å². The molecule has 0 radical (unpaired) electrons. The number of nitrogens with one attached hydrogen (secondary N) is 1. The molecule has 1 fully saturated rings. The minimum Gasteiger partial charge on any atom is -0.392 e. The van der Waals surface area contributed by atoms with E-state index in [4.69, 9.17) is 0 Å². The molecule has 0 spiro atoms. The highest BCUT2D eigenvalue weighted by molar-refractivity contribution is 5.80. The number of hydrogen-bond acceptors (Lipinski definition) is 3. The van der Waals surface area contributed by atoms with Gasteiger partial charge in [0.1, 0.15) is 0 Å². The molecular formula is C8H16N2O2. The Bertz CT molecular complexity index is 172. The van der Waals surface area contributed by atoms with Crippen molar-refractivity contribution >= 4 is 5.91 Å². The molecule has 4 nitrogen and oxygen atoms in total. The normalized spacial score (nSPS) is 27.1. The zero-order valence-corrected chi connectivity index (χ0v) is 7.58. The molecule has 1 rings (SSSR count). The number of carbonyl (C=O) groups is 1. The van der Waals surface area contributed by atoms with E-state index >= 15 is 0 Å². The highest BCUT2D eigenvalue weighted by Crippen LogP contribution is 2.11. The summed E-state index contributed by atoms with van der Waals surface area (Å²) in [6.45, 7) is 3.29. The molecule has 1 amide bonds. The maximum Gasteiger partial charge on any atom is 0.236 e. The van der Waals surface area contributed by atoms with Crippen molar-refractivity contribution in [1.82, 2.24) is 10.2 Å². The van der Waals surface area contributed by atoms with E-state index < -0.39 is 0 Å². The number of carbonyl (C=O) groups excluding carboxylic acids is 1. The Morgan fingerprint density at radius 3 is 2.83 bits per heavy atom. The van der Waals surface area contributed by atoms with Crippen LogP contribution in [-0.2, 0) is 4.79 Å². The summed E-state index contributed by atoms with van der Waals surface area (Å²) < 4.78 is 0. The van der Waals surface area contributed by atoms with Crippen LogP contribution < -0.4 is 5.32 Å². The molecule has 0 aromatic rings. The third-order valence-electron chi connectivity index (χ3n) is 2.37. The van der Waals surface area contributed by atoms with Gasteiger partial charge >= 0.3 is 0 Å². The van der Waals surface area contributed by atoms with Gasteiger partial charge in [-0.25, -0.2) is 0 Å². The fraction of sp³-hybridized carbons (Fsp3) is 0.875. The highest BCUT2D eigenvalue weighted by atomic mass is 16.3. The van der Waals surface area contributed by atoms with E-state index in [1.165, 1.54) is 0 Å². The van der Waals surface area contributed by atoms with Crippen LogP contribution in [0, 0.1) is 0 Å². The van der Waals surface area contributed by atoms with E-state index in [9.17, 15) is 9.90 Å². The monoisotopic (exact) mass is 172 g/mol. The number of aliphatic hydroxyl groups excluding tert-OH is 1. The van der Waals surface area contributed by atoms with Crippen LogP contribution in [0.5, 0.6) is 0 Å². The molecule has 0 aromatic heterocycles. The second-order valence-corrected chi connectivity index (χ2v) is 3.23. The first kappa shape index (κ1) is 9.48. The standard InChI is InChI=1S/C8H16N2O2/c1-6(8(12)9-2)10-4-3-7(11)5-10/h6-7,11H,3-5H2,1-2H3,(H,9,12)/t6?,7-/m1/s1. The molecule has 0 aliphatic carbocycles. The molecule has 1 aliphatic heterocycles. The van der Waals surface area contributed by atoms with Crippen molar-refractivity contribution < 1.29 is 9.90 Å². The summed E-state index contributed by atoms with van der Waals surface area (Å²) in [5, 5.41) is 11.8. The van der Waals surface area contributed by atoms with E-state index in [0.29, 0.717) is 6.54 Å². The van der Waals surface area contributed by atoms with Crippen molar-refractivity contribution in [3.8, 4) is 0 Å². The van der Waals surface area contributed by atoms with E-state index in [1.807, 2.05) is 11.8 Å². The maximum absolute atomic E-state index is 11.2. The van der Waals surface area contributed by atoms with E-state index in [0.717, 1.165) is 13.0 Å². The molecule has 1 heterocycles. The Labute approximate surface area is 72.6 Å². The summed E-state index contributed by atoms with van der Waals surface area (Å²) in [6.07, 6.45) is 0.526. The van der Waals surface area contributed by atoms with Crippen LogP contribution in [0.1, 0.15) is 13.3 Å². The second-order valence-electron chi connectivity index (χ2n) is 3.23. The van der Waals surface area contributed by atoms with Gasteiger partial charge in [0.05, 0.1) is 12.1 Å². The van der Waals surface area contributed by atoms with Crippen molar-refractivity contribution in [1.29, 1.82) is 0 Å². The van der Waals surface area contributed by atoms with Gasteiger partial charge in [0.2, 0.25) is 5.91 Å². The minimum atomic E-state index is -0.253.